The highest BCUT2D eigenvalue weighted by atomic mass is 16.5. The number of hydrogen-bond donors (Lipinski definition) is 1. The largest absolute Gasteiger partial charge is 0.479 e. The molecule has 1 amide bonds. The van der Waals surface area contributed by atoms with E-state index in [0.29, 0.717) is 12.1 Å². The Bertz CT molecular complexity index is 638. The number of carbonyl (C=O) groups is 2. The summed E-state index contributed by atoms with van der Waals surface area (Å²) >= 11 is 0. The molecule has 116 valence electrons. The molecule has 3 rings (SSSR count). The lowest BCUT2D eigenvalue weighted by Crippen LogP contribution is -2.51. The fraction of sp³-hybridized carbons (Fsp3) is 0.412. The molecule has 0 saturated carbocycles. The number of nitrogens with zero attached hydrogens (tertiary/aromatic N) is 1. The number of morpholine rings is 1. The van der Waals surface area contributed by atoms with Crippen LogP contribution in [0.25, 0.3) is 6.08 Å². The zero-order valence-corrected chi connectivity index (χ0v) is 12.5. The van der Waals surface area contributed by atoms with Gasteiger partial charge in [-0.15, -0.1) is 0 Å². The van der Waals surface area contributed by atoms with Crippen LogP contribution in [0, 0.1) is 0 Å². The molecule has 1 unspecified atom stereocenters. The number of fused-ring (bicyclic) bond motifs is 1. The van der Waals surface area contributed by atoms with E-state index in [0.717, 1.165) is 18.4 Å². The Morgan fingerprint density at radius 1 is 1.32 bits per heavy atom. The second kappa shape index (κ2) is 5.93. The van der Waals surface area contributed by atoms with Crippen LogP contribution in [0.15, 0.2) is 24.3 Å². The monoisotopic (exact) mass is 301 g/mol. The summed E-state index contributed by atoms with van der Waals surface area (Å²) in [6.45, 7) is 2.29. The standard InChI is InChI=1S/C17H19NO4/c1-11-9-18(10-15(22-11)17(20)21)16(19)14-7-6-12-4-2-3-5-13(12)8-14/h2,4,6-8,11,15H,3,5,9-10H2,1H3,(H,20,21)/t11-,15?/m1/s1. The average molecular weight is 301 g/mol. The molecule has 1 aliphatic heterocycles. The lowest BCUT2D eigenvalue weighted by Gasteiger charge is -2.35. The summed E-state index contributed by atoms with van der Waals surface area (Å²) in [6, 6.07) is 5.70. The molecule has 0 spiro atoms. The van der Waals surface area contributed by atoms with Gasteiger partial charge < -0.3 is 14.7 Å². The van der Waals surface area contributed by atoms with Gasteiger partial charge in [0.05, 0.1) is 12.6 Å². The van der Waals surface area contributed by atoms with Crippen molar-refractivity contribution in [3.63, 3.8) is 0 Å². The van der Waals surface area contributed by atoms with Gasteiger partial charge in [-0.2, -0.15) is 0 Å². The Morgan fingerprint density at radius 2 is 2.14 bits per heavy atom. The van der Waals surface area contributed by atoms with Crippen molar-refractivity contribution in [3.05, 3.63) is 41.0 Å². The van der Waals surface area contributed by atoms with Crippen molar-refractivity contribution < 1.29 is 19.4 Å². The lowest BCUT2D eigenvalue weighted by molar-refractivity contribution is -0.160. The lowest BCUT2D eigenvalue weighted by atomic mass is 9.95. The minimum atomic E-state index is -1.03. The first kappa shape index (κ1) is 14.8. The van der Waals surface area contributed by atoms with Gasteiger partial charge >= 0.3 is 5.97 Å². The van der Waals surface area contributed by atoms with E-state index >= 15 is 0 Å². The van der Waals surface area contributed by atoms with Crippen LogP contribution in [0.1, 0.15) is 34.8 Å². The molecule has 1 aromatic rings. The fourth-order valence-electron chi connectivity index (χ4n) is 3.00. The van der Waals surface area contributed by atoms with Crippen molar-refractivity contribution in [2.24, 2.45) is 0 Å². The Morgan fingerprint density at radius 3 is 2.91 bits per heavy atom. The Kier molecular flexibility index (Phi) is 3.98. The van der Waals surface area contributed by atoms with Crippen molar-refractivity contribution in [1.82, 2.24) is 4.90 Å². The summed E-state index contributed by atoms with van der Waals surface area (Å²) in [7, 11) is 0. The fourth-order valence-corrected chi connectivity index (χ4v) is 3.00. The summed E-state index contributed by atoms with van der Waals surface area (Å²) in [5, 5.41) is 9.11. The van der Waals surface area contributed by atoms with Gasteiger partial charge in [-0.25, -0.2) is 4.79 Å². The summed E-state index contributed by atoms with van der Waals surface area (Å²) in [5.41, 5.74) is 2.94. The third kappa shape index (κ3) is 2.90. The van der Waals surface area contributed by atoms with Gasteiger partial charge in [0, 0.05) is 12.1 Å². The zero-order chi connectivity index (χ0) is 15.7. The van der Waals surface area contributed by atoms with E-state index in [9.17, 15) is 9.59 Å². The summed E-state index contributed by atoms with van der Waals surface area (Å²) in [4.78, 5) is 25.4. The minimum absolute atomic E-state index is 0.0928. The van der Waals surface area contributed by atoms with Crippen LogP contribution < -0.4 is 0 Å². The van der Waals surface area contributed by atoms with Crippen molar-refractivity contribution >= 4 is 18.0 Å². The minimum Gasteiger partial charge on any atom is -0.479 e. The van der Waals surface area contributed by atoms with Crippen molar-refractivity contribution in [2.75, 3.05) is 13.1 Å². The predicted molar refractivity (Wildman–Crippen MR) is 81.7 cm³/mol. The molecule has 2 atom stereocenters. The Balaban J connectivity index is 1.81. The number of carboxylic acid groups (broad SMARTS) is 1. The molecule has 5 heteroatoms. The van der Waals surface area contributed by atoms with Crippen molar-refractivity contribution in [2.45, 2.75) is 32.0 Å². The number of ether oxygens (including phenoxy) is 1. The Hall–Kier alpha value is -2.14. The zero-order valence-electron chi connectivity index (χ0n) is 12.5. The van der Waals surface area contributed by atoms with E-state index in [4.69, 9.17) is 9.84 Å². The molecule has 0 radical (unpaired) electrons. The number of aryl methyl sites for hydroxylation is 1. The number of benzene rings is 1. The highest BCUT2D eigenvalue weighted by Gasteiger charge is 2.33. The number of hydrogen-bond acceptors (Lipinski definition) is 3. The van der Waals surface area contributed by atoms with E-state index in [2.05, 4.69) is 12.2 Å². The van der Waals surface area contributed by atoms with E-state index in [1.54, 1.807) is 11.8 Å². The van der Waals surface area contributed by atoms with E-state index in [1.165, 1.54) is 5.56 Å². The number of aliphatic carboxylic acids is 1. The van der Waals surface area contributed by atoms with Crippen molar-refractivity contribution in [1.29, 1.82) is 0 Å². The third-order valence-corrected chi connectivity index (χ3v) is 4.09. The second-order valence-electron chi connectivity index (χ2n) is 5.84. The van der Waals surface area contributed by atoms with Gasteiger partial charge in [-0.3, -0.25) is 4.79 Å². The van der Waals surface area contributed by atoms with Crippen LogP contribution in [0.3, 0.4) is 0 Å². The molecule has 1 fully saturated rings. The predicted octanol–water partition coefficient (Wildman–Crippen LogP) is 1.96. The number of amides is 1. The van der Waals surface area contributed by atoms with Gasteiger partial charge in [-0.05, 0) is 43.0 Å². The molecule has 1 N–H and O–H groups in total. The number of allylic oxidation sites excluding steroid dienone is 1. The molecule has 1 saturated heterocycles. The summed E-state index contributed by atoms with van der Waals surface area (Å²) in [5.74, 6) is -1.15. The second-order valence-corrected chi connectivity index (χ2v) is 5.84. The first-order chi connectivity index (χ1) is 10.5. The normalized spacial score (nSPS) is 24.0. The topological polar surface area (TPSA) is 66.8 Å². The summed E-state index contributed by atoms with van der Waals surface area (Å²) < 4.78 is 5.35. The van der Waals surface area contributed by atoms with Gasteiger partial charge in [0.1, 0.15) is 0 Å². The maximum atomic E-state index is 12.7. The maximum absolute atomic E-state index is 12.7. The highest BCUT2D eigenvalue weighted by molar-refractivity contribution is 5.95. The van der Waals surface area contributed by atoms with Crippen LogP contribution in [0.5, 0.6) is 0 Å². The average Bonchev–Trinajstić information content (AvgIpc) is 2.53. The van der Waals surface area contributed by atoms with E-state index in [1.807, 2.05) is 18.2 Å². The van der Waals surface area contributed by atoms with Crippen molar-refractivity contribution in [3.8, 4) is 0 Å². The third-order valence-electron chi connectivity index (χ3n) is 4.09. The van der Waals surface area contributed by atoms with Crippen LogP contribution in [-0.4, -0.2) is 47.2 Å². The quantitative estimate of drug-likeness (QED) is 0.907. The molecule has 1 aliphatic carbocycles. The maximum Gasteiger partial charge on any atom is 0.334 e. The highest BCUT2D eigenvalue weighted by Crippen LogP contribution is 2.22. The van der Waals surface area contributed by atoms with E-state index in [-0.39, 0.29) is 18.6 Å². The van der Waals surface area contributed by atoms with Crippen LogP contribution in [-0.2, 0) is 16.0 Å². The molecule has 0 aromatic heterocycles. The molecule has 2 aliphatic rings. The Labute approximate surface area is 129 Å². The number of rotatable bonds is 2. The molecule has 22 heavy (non-hydrogen) atoms. The van der Waals surface area contributed by atoms with Gasteiger partial charge in [0.25, 0.3) is 5.91 Å². The molecule has 0 bridgehead atoms. The van der Waals surface area contributed by atoms with Crippen LogP contribution >= 0.6 is 0 Å². The molecule has 5 nitrogen and oxygen atoms in total. The van der Waals surface area contributed by atoms with Gasteiger partial charge in [-0.1, -0.05) is 18.2 Å². The number of carbonyl (C=O) groups excluding carboxylic acids is 1. The summed E-state index contributed by atoms with van der Waals surface area (Å²) in [6.07, 6.45) is 4.90. The molecular weight excluding hydrogens is 282 g/mol. The smallest absolute Gasteiger partial charge is 0.334 e. The number of carboxylic acids is 1. The molecule has 1 aromatic carbocycles. The SMILES string of the molecule is C[C@@H]1CN(C(=O)c2ccc3c(c2)CCC=C3)CC(C(=O)O)O1. The molecule has 1 heterocycles. The van der Waals surface area contributed by atoms with Crippen LogP contribution in [0.2, 0.25) is 0 Å². The van der Waals surface area contributed by atoms with Gasteiger partial charge in [0.2, 0.25) is 0 Å². The van der Waals surface area contributed by atoms with Crippen LogP contribution in [0.4, 0.5) is 0 Å². The first-order valence-corrected chi connectivity index (χ1v) is 7.51. The van der Waals surface area contributed by atoms with Gasteiger partial charge in [0.15, 0.2) is 6.10 Å². The molecular formula is C17H19NO4. The van der Waals surface area contributed by atoms with E-state index < -0.39 is 12.1 Å². The first-order valence-electron chi connectivity index (χ1n) is 7.51.